The SMILES string of the molecule is CCNC(=NCc1ccc(OC)c(NC(C)=O)c1)N(C)Cc1ccc(C)cc1. The molecule has 28 heavy (non-hydrogen) atoms. The lowest BCUT2D eigenvalue weighted by Gasteiger charge is -2.22. The van der Waals surface area contributed by atoms with Crippen molar-refractivity contribution >= 4 is 17.6 Å². The third-order valence-electron chi connectivity index (χ3n) is 4.22. The number of aliphatic imine (C=N–C) groups is 1. The fourth-order valence-corrected chi connectivity index (χ4v) is 2.82. The van der Waals surface area contributed by atoms with Crippen LogP contribution in [0.2, 0.25) is 0 Å². The molecule has 6 nitrogen and oxygen atoms in total. The molecule has 0 aliphatic heterocycles. The normalized spacial score (nSPS) is 11.1. The lowest BCUT2D eigenvalue weighted by atomic mass is 10.1. The van der Waals surface area contributed by atoms with Crippen molar-refractivity contribution in [2.24, 2.45) is 4.99 Å². The van der Waals surface area contributed by atoms with Gasteiger partial charge in [0.15, 0.2) is 5.96 Å². The first kappa shape index (κ1) is 21.3. The number of hydrogen-bond donors (Lipinski definition) is 2. The van der Waals surface area contributed by atoms with Gasteiger partial charge in [0.1, 0.15) is 5.75 Å². The Kier molecular flexibility index (Phi) is 7.87. The molecule has 6 heteroatoms. The molecule has 0 heterocycles. The number of aryl methyl sites for hydroxylation is 1. The average molecular weight is 383 g/mol. The van der Waals surface area contributed by atoms with Crippen LogP contribution in [0.1, 0.15) is 30.5 Å². The van der Waals surface area contributed by atoms with Crippen molar-refractivity contribution in [1.82, 2.24) is 10.2 Å². The Bertz CT molecular complexity index is 816. The van der Waals surface area contributed by atoms with Gasteiger partial charge in [0.25, 0.3) is 0 Å². The summed E-state index contributed by atoms with van der Waals surface area (Å²) in [5.74, 6) is 1.33. The van der Waals surface area contributed by atoms with Crippen LogP contribution in [0, 0.1) is 6.92 Å². The van der Waals surface area contributed by atoms with Gasteiger partial charge in [0.05, 0.1) is 19.3 Å². The third kappa shape index (κ3) is 6.30. The molecule has 1 amide bonds. The van der Waals surface area contributed by atoms with Gasteiger partial charge in [0, 0.05) is 27.1 Å². The maximum absolute atomic E-state index is 11.4. The van der Waals surface area contributed by atoms with Crippen molar-refractivity contribution in [2.45, 2.75) is 33.9 Å². The molecule has 0 radical (unpaired) electrons. The first-order chi connectivity index (χ1) is 13.4. The maximum atomic E-state index is 11.4. The molecule has 150 valence electrons. The predicted molar refractivity (Wildman–Crippen MR) is 115 cm³/mol. The van der Waals surface area contributed by atoms with E-state index < -0.39 is 0 Å². The van der Waals surface area contributed by atoms with E-state index in [1.807, 2.05) is 25.2 Å². The molecule has 0 aliphatic carbocycles. The summed E-state index contributed by atoms with van der Waals surface area (Å²) in [6.45, 7) is 7.67. The number of rotatable bonds is 7. The van der Waals surface area contributed by atoms with E-state index in [1.54, 1.807) is 7.11 Å². The van der Waals surface area contributed by atoms with Crippen LogP contribution in [0.15, 0.2) is 47.5 Å². The fourth-order valence-electron chi connectivity index (χ4n) is 2.82. The Morgan fingerprint density at radius 3 is 2.43 bits per heavy atom. The molecule has 0 saturated heterocycles. The predicted octanol–water partition coefficient (Wildman–Crippen LogP) is 3.56. The maximum Gasteiger partial charge on any atom is 0.221 e. The summed E-state index contributed by atoms with van der Waals surface area (Å²) < 4.78 is 5.31. The lowest BCUT2D eigenvalue weighted by molar-refractivity contribution is -0.114. The second-order valence-corrected chi connectivity index (χ2v) is 6.73. The highest BCUT2D eigenvalue weighted by Gasteiger charge is 2.09. The lowest BCUT2D eigenvalue weighted by Crippen LogP contribution is -2.38. The number of benzene rings is 2. The number of ether oxygens (including phenoxy) is 1. The number of carbonyl (C=O) groups excluding carboxylic acids is 1. The smallest absolute Gasteiger partial charge is 0.221 e. The largest absolute Gasteiger partial charge is 0.495 e. The molecular formula is C22H30N4O2. The van der Waals surface area contributed by atoms with Crippen LogP contribution < -0.4 is 15.4 Å². The molecule has 2 N–H and O–H groups in total. The number of methoxy groups -OCH3 is 1. The summed E-state index contributed by atoms with van der Waals surface area (Å²) in [4.78, 5) is 18.3. The standard InChI is InChI=1S/C22H30N4O2/c1-6-23-22(26(4)15-18-9-7-16(2)8-10-18)24-14-19-11-12-21(28-5)20(13-19)25-17(3)27/h7-13H,6,14-15H2,1-5H3,(H,23,24)(H,25,27). The van der Waals surface area contributed by atoms with E-state index in [9.17, 15) is 4.79 Å². The summed E-state index contributed by atoms with van der Waals surface area (Å²) >= 11 is 0. The van der Waals surface area contributed by atoms with Crippen molar-refractivity contribution in [3.8, 4) is 5.75 Å². The molecule has 0 fully saturated rings. The Balaban J connectivity index is 2.14. The zero-order chi connectivity index (χ0) is 20.5. The van der Waals surface area contributed by atoms with Crippen LogP contribution in [0.4, 0.5) is 5.69 Å². The highest BCUT2D eigenvalue weighted by atomic mass is 16.5. The van der Waals surface area contributed by atoms with E-state index in [1.165, 1.54) is 18.1 Å². The highest BCUT2D eigenvalue weighted by molar-refractivity contribution is 5.90. The molecule has 0 saturated carbocycles. The Morgan fingerprint density at radius 2 is 1.82 bits per heavy atom. The van der Waals surface area contributed by atoms with Gasteiger partial charge in [0.2, 0.25) is 5.91 Å². The first-order valence-electron chi connectivity index (χ1n) is 9.42. The molecule has 2 aromatic carbocycles. The van der Waals surface area contributed by atoms with E-state index in [-0.39, 0.29) is 5.91 Å². The van der Waals surface area contributed by atoms with E-state index >= 15 is 0 Å². The van der Waals surface area contributed by atoms with Gasteiger partial charge >= 0.3 is 0 Å². The molecule has 0 unspecified atom stereocenters. The summed E-state index contributed by atoms with van der Waals surface area (Å²) in [5, 5.41) is 6.13. The van der Waals surface area contributed by atoms with Gasteiger partial charge in [-0.3, -0.25) is 4.79 Å². The van der Waals surface area contributed by atoms with E-state index in [0.29, 0.717) is 18.0 Å². The van der Waals surface area contributed by atoms with E-state index in [0.717, 1.165) is 24.6 Å². The van der Waals surface area contributed by atoms with Gasteiger partial charge < -0.3 is 20.3 Å². The van der Waals surface area contributed by atoms with Gasteiger partial charge in [-0.1, -0.05) is 35.9 Å². The van der Waals surface area contributed by atoms with Gasteiger partial charge in [-0.15, -0.1) is 0 Å². The zero-order valence-electron chi connectivity index (χ0n) is 17.4. The number of carbonyl (C=O) groups is 1. The van der Waals surface area contributed by atoms with Crippen molar-refractivity contribution in [3.63, 3.8) is 0 Å². The van der Waals surface area contributed by atoms with Crippen molar-refractivity contribution in [3.05, 3.63) is 59.2 Å². The minimum Gasteiger partial charge on any atom is -0.495 e. The molecule has 0 spiro atoms. The van der Waals surface area contributed by atoms with Crippen LogP contribution in [0.5, 0.6) is 5.75 Å². The number of amides is 1. The molecule has 0 aromatic heterocycles. The van der Waals surface area contributed by atoms with Crippen molar-refractivity contribution < 1.29 is 9.53 Å². The summed E-state index contributed by atoms with van der Waals surface area (Å²) in [6.07, 6.45) is 0. The second kappa shape index (κ2) is 10.3. The number of hydrogen-bond acceptors (Lipinski definition) is 3. The molecular weight excluding hydrogens is 352 g/mol. The molecule has 2 rings (SSSR count). The van der Waals surface area contributed by atoms with Gasteiger partial charge in [-0.25, -0.2) is 4.99 Å². The summed E-state index contributed by atoms with van der Waals surface area (Å²) in [7, 11) is 3.61. The van der Waals surface area contributed by atoms with E-state index in [2.05, 4.69) is 53.6 Å². The molecule has 2 aromatic rings. The van der Waals surface area contributed by atoms with Crippen LogP contribution >= 0.6 is 0 Å². The molecule has 0 atom stereocenters. The van der Waals surface area contributed by atoms with Crippen LogP contribution in [0.25, 0.3) is 0 Å². The number of nitrogens with one attached hydrogen (secondary N) is 2. The van der Waals surface area contributed by atoms with Crippen LogP contribution in [-0.2, 0) is 17.9 Å². The summed E-state index contributed by atoms with van der Waals surface area (Å²) in [6, 6.07) is 14.2. The molecule has 0 bridgehead atoms. The fraction of sp³-hybridized carbons (Fsp3) is 0.364. The minimum absolute atomic E-state index is 0.134. The minimum atomic E-state index is -0.134. The zero-order valence-corrected chi connectivity index (χ0v) is 17.4. The Morgan fingerprint density at radius 1 is 1.14 bits per heavy atom. The number of anilines is 1. The quantitative estimate of drug-likeness (QED) is 0.568. The highest BCUT2D eigenvalue weighted by Crippen LogP contribution is 2.25. The van der Waals surface area contributed by atoms with Gasteiger partial charge in [-0.05, 0) is 37.1 Å². The third-order valence-corrected chi connectivity index (χ3v) is 4.22. The average Bonchev–Trinajstić information content (AvgIpc) is 2.66. The Hall–Kier alpha value is -3.02. The van der Waals surface area contributed by atoms with Gasteiger partial charge in [-0.2, -0.15) is 0 Å². The monoisotopic (exact) mass is 382 g/mol. The number of nitrogens with zero attached hydrogens (tertiary/aromatic N) is 2. The van der Waals surface area contributed by atoms with Crippen molar-refractivity contribution in [1.29, 1.82) is 0 Å². The van der Waals surface area contributed by atoms with E-state index in [4.69, 9.17) is 9.73 Å². The topological polar surface area (TPSA) is 66.0 Å². The Labute approximate surface area is 167 Å². The second-order valence-electron chi connectivity index (χ2n) is 6.73. The first-order valence-corrected chi connectivity index (χ1v) is 9.42. The summed E-state index contributed by atoms with van der Waals surface area (Å²) in [5.41, 5.74) is 4.13. The molecule has 0 aliphatic rings. The van der Waals surface area contributed by atoms with Crippen molar-refractivity contribution in [2.75, 3.05) is 26.0 Å². The number of guanidine groups is 1. The van der Waals surface area contributed by atoms with Crippen LogP contribution in [0.3, 0.4) is 0 Å². The van der Waals surface area contributed by atoms with Crippen LogP contribution in [-0.4, -0.2) is 37.5 Å².